The molecular formula is C10H13BrN2. The highest BCUT2D eigenvalue weighted by Gasteiger charge is 2.37. The second-order valence-corrected chi connectivity index (χ2v) is 4.51. The maximum Gasteiger partial charge on any atom is 0.0410 e. The van der Waals surface area contributed by atoms with Gasteiger partial charge in [0.25, 0.3) is 0 Å². The Hall–Kier alpha value is -0.410. The molecule has 0 spiro atoms. The molecule has 2 rings (SSSR count). The highest BCUT2D eigenvalue weighted by Crippen LogP contribution is 2.46. The fraction of sp³-hybridized carbons (Fsp3) is 0.500. The zero-order valence-electron chi connectivity index (χ0n) is 7.63. The van der Waals surface area contributed by atoms with Crippen molar-refractivity contribution in [3.05, 3.63) is 28.5 Å². The summed E-state index contributed by atoms with van der Waals surface area (Å²) < 4.78 is 1.08. The zero-order valence-corrected chi connectivity index (χ0v) is 9.21. The normalized spacial score (nSPS) is 26.0. The lowest BCUT2D eigenvalue weighted by atomic mass is 10.1. The second-order valence-electron chi connectivity index (χ2n) is 3.60. The molecule has 1 saturated carbocycles. The standard InChI is InChI=1S/C10H13BrN2/c1-12-4-8-3-10(8)7-2-9(11)6-13-5-7/h2,5-6,8,10,12H,3-4H2,1H3. The molecule has 13 heavy (non-hydrogen) atoms. The molecular weight excluding hydrogens is 228 g/mol. The highest BCUT2D eigenvalue weighted by atomic mass is 79.9. The van der Waals surface area contributed by atoms with E-state index < -0.39 is 0 Å². The Morgan fingerprint density at radius 2 is 2.46 bits per heavy atom. The van der Waals surface area contributed by atoms with Crippen molar-refractivity contribution in [3.63, 3.8) is 0 Å². The summed E-state index contributed by atoms with van der Waals surface area (Å²) in [5, 5.41) is 3.21. The van der Waals surface area contributed by atoms with Crippen LogP contribution >= 0.6 is 15.9 Å². The maximum atomic E-state index is 4.17. The van der Waals surface area contributed by atoms with Crippen molar-refractivity contribution in [2.45, 2.75) is 12.3 Å². The van der Waals surface area contributed by atoms with Crippen LogP contribution in [-0.2, 0) is 0 Å². The zero-order chi connectivity index (χ0) is 9.26. The molecule has 1 N–H and O–H groups in total. The van der Waals surface area contributed by atoms with Gasteiger partial charge in [-0.05, 0) is 59.4 Å². The molecule has 2 unspecified atom stereocenters. The molecule has 2 nitrogen and oxygen atoms in total. The van der Waals surface area contributed by atoms with Crippen molar-refractivity contribution in [1.82, 2.24) is 10.3 Å². The minimum absolute atomic E-state index is 0.734. The smallest absolute Gasteiger partial charge is 0.0410 e. The van der Waals surface area contributed by atoms with E-state index in [9.17, 15) is 0 Å². The average Bonchev–Trinajstić information content (AvgIpc) is 2.85. The van der Waals surface area contributed by atoms with Gasteiger partial charge >= 0.3 is 0 Å². The number of hydrogen-bond donors (Lipinski definition) is 1. The molecule has 1 heterocycles. The Bertz CT molecular complexity index is 301. The number of aromatic nitrogens is 1. The van der Waals surface area contributed by atoms with Gasteiger partial charge in [-0.15, -0.1) is 0 Å². The summed E-state index contributed by atoms with van der Waals surface area (Å²) in [7, 11) is 2.01. The first kappa shape index (κ1) is 9.16. The summed E-state index contributed by atoms with van der Waals surface area (Å²) in [5.74, 6) is 1.55. The van der Waals surface area contributed by atoms with Crippen molar-refractivity contribution < 1.29 is 0 Å². The molecule has 0 amide bonds. The summed E-state index contributed by atoms with van der Waals surface area (Å²) >= 11 is 3.44. The van der Waals surface area contributed by atoms with E-state index in [4.69, 9.17) is 0 Å². The molecule has 1 fully saturated rings. The molecule has 3 heteroatoms. The molecule has 1 aliphatic carbocycles. The van der Waals surface area contributed by atoms with Gasteiger partial charge in [0.2, 0.25) is 0 Å². The first-order chi connectivity index (χ1) is 6.31. The van der Waals surface area contributed by atoms with Crippen LogP contribution in [0, 0.1) is 5.92 Å². The Kier molecular flexibility index (Phi) is 2.65. The molecule has 0 saturated heterocycles. The third-order valence-electron chi connectivity index (χ3n) is 2.54. The topological polar surface area (TPSA) is 24.9 Å². The molecule has 0 aromatic carbocycles. The Labute approximate surface area is 86.9 Å². The molecule has 70 valence electrons. The van der Waals surface area contributed by atoms with E-state index in [0.29, 0.717) is 0 Å². The molecule has 0 aliphatic heterocycles. The van der Waals surface area contributed by atoms with Gasteiger partial charge in [-0.3, -0.25) is 4.98 Å². The van der Waals surface area contributed by atoms with Crippen LogP contribution < -0.4 is 5.32 Å². The van der Waals surface area contributed by atoms with E-state index in [1.807, 2.05) is 19.4 Å². The van der Waals surface area contributed by atoms with Crippen molar-refractivity contribution in [2.75, 3.05) is 13.6 Å². The molecule has 1 aromatic rings. The van der Waals surface area contributed by atoms with E-state index >= 15 is 0 Å². The number of pyridine rings is 1. The predicted octanol–water partition coefficient (Wildman–Crippen LogP) is 2.17. The van der Waals surface area contributed by atoms with E-state index in [1.165, 1.54) is 12.0 Å². The van der Waals surface area contributed by atoms with Crippen LogP contribution in [0.2, 0.25) is 0 Å². The third kappa shape index (κ3) is 2.09. The van der Waals surface area contributed by atoms with Gasteiger partial charge in [0.15, 0.2) is 0 Å². The van der Waals surface area contributed by atoms with E-state index in [-0.39, 0.29) is 0 Å². The molecule has 1 aromatic heterocycles. The van der Waals surface area contributed by atoms with Gasteiger partial charge in [-0.1, -0.05) is 0 Å². The van der Waals surface area contributed by atoms with E-state index in [1.54, 1.807) is 0 Å². The molecule has 2 atom stereocenters. The summed E-state index contributed by atoms with van der Waals surface area (Å²) in [6, 6.07) is 2.17. The van der Waals surface area contributed by atoms with Gasteiger partial charge in [0, 0.05) is 16.9 Å². The van der Waals surface area contributed by atoms with Gasteiger partial charge in [0.05, 0.1) is 0 Å². The van der Waals surface area contributed by atoms with Crippen LogP contribution in [0.25, 0.3) is 0 Å². The largest absolute Gasteiger partial charge is 0.319 e. The van der Waals surface area contributed by atoms with Crippen LogP contribution in [-0.4, -0.2) is 18.6 Å². The van der Waals surface area contributed by atoms with E-state index in [2.05, 4.69) is 32.3 Å². The van der Waals surface area contributed by atoms with Crippen LogP contribution in [0.15, 0.2) is 22.9 Å². The first-order valence-corrected chi connectivity index (χ1v) is 5.35. The molecule has 0 bridgehead atoms. The van der Waals surface area contributed by atoms with Crippen LogP contribution in [0.3, 0.4) is 0 Å². The van der Waals surface area contributed by atoms with Crippen molar-refractivity contribution in [1.29, 1.82) is 0 Å². The van der Waals surface area contributed by atoms with Crippen LogP contribution in [0.4, 0.5) is 0 Å². The van der Waals surface area contributed by atoms with Crippen molar-refractivity contribution in [2.24, 2.45) is 5.92 Å². The summed E-state index contributed by atoms with van der Waals surface area (Å²) in [6.45, 7) is 1.12. The van der Waals surface area contributed by atoms with Crippen LogP contribution in [0.1, 0.15) is 17.9 Å². The Morgan fingerprint density at radius 3 is 3.15 bits per heavy atom. The fourth-order valence-electron chi connectivity index (χ4n) is 1.77. The summed E-state index contributed by atoms with van der Waals surface area (Å²) in [4.78, 5) is 4.17. The van der Waals surface area contributed by atoms with Crippen molar-refractivity contribution in [3.8, 4) is 0 Å². The lowest BCUT2D eigenvalue weighted by molar-refractivity contribution is 0.697. The summed E-state index contributed by atoms with van der Waals surface area (Å²) in [5.41, 5.74) is 1.37. The lowest BCUT2D eigenvalue weighted by Crippen LogP contribution is -2.10. The third-order valence-corrected chi connectivity index (χ3v) is 2.98. The van der Waals surface area contributed by atoms with Crippen LogP contribution in [0.5, 0.6) is 0 Å². The quantitative estimate of drug-likeness (QED) is 0.877. The second kappa shape index (κ2) is 3.76. The molecule has 0 radical (unpaired) electrons. The van der Waals surface area contributed by atoms with Gasteiger partial charge in [0.1, 0.15) is 0 Å². The molecule has 1 aliphatic rings. The maximum absolute atomic E-state index is 4.17. The Balaban J connectivity index is 2.03. The number of rotatable bonds is 3. The summed E-state index contributed by atoms with van der Waals surface area (Å²) in [6.07, 6.45) is 5.11. The van der Waals surface area contributed by atoms with Gasteiger partial charge < -0.3 is 5.32 Å². The predicted molar refractivity (Wildman–Crippen MR) is 56.7 cm³/mol. The number of nitrogens with one attached hydrogen (secondary N) is 1. The number of halogens is 1. The van der Waals surface area contributed by atoms with E-state index in [0.717, 1.165) is 22.9 Å². The first-order valence-electron chi connectivity index (χ1n) is 4.56. The minimum atomic E-state index is 0.734. The number of nitrogens with zero attached hydrogens (tertiary/aromatic N) is 1. The Morgan fingerprint density at radius 1 is 1.62 bits per heavy atom. The average molecular weight is 241 g/mol. The van der Waals surface area contributed by atoms with Gasteiger partial charge in [-0.25, -0.2) is 0 Å². The van der Waals surface area contributed by atoms with Crippen molar-refractivity contribution >= 4 is 15.9 Å². The lowest BCUT2D eigenvalue weighted by Gasteiger charge is -1.99. The van der Waals surface area contributed by atoms with Gasteiger partial charge in [-0.2, -0.15) is 0 Å². The fourth-order valence-corrected chi connectivity index (χ4v) is 2.16. The monoisotopic (exact) mass is 240 g/mol. The highest BCUT2D eigenvalue weighted by molar-refractivity contribution is 9.10. The SMILES string of the molecule is CNCC1CC1c1cncc(Br)c1. The minimum Gasteiger partial charge on any atom is -0.319 e. The number of hydrogen-bond acceptors (Lipinski definition) is 2.